The average Bonchev–Trinajstić information content (AvgIpc) is 3.03. The molecule has 1 unspecified atom stereocenters. The Kier molecular flexibility index (Phi) is 4.12. The molecule has 3 heterocycles. The molecule has 0 aliphatic carbocycles. The van der Waals surface area contributed by atoms with Crippen molar-refractivity contribution < 1.29 is 0 Å². The molecule has 2 aromatic rings. The normalized spacial score (nSPS) is 19.0. The standard InChI is InChI=1S/C16H25N5/c1-17-11-14-16(18-15-8-4-5-9-21(14)15)20-10-6-7-13(20)12-19(2)3/h4-5,8-9,13,17H,6-7,10-12H2,1-3H3. The fraction of sp³-hybridized carbons (Fsp3) is 0.562. The minimum absolute atomic E-state index is 0.570. The van der Waals surface area contributed by atoms with Gasteiger partial charge in [-0.05, 0) is 46.1 Å². The first-order chi connectivity index (χ1) is 10.2. The topological polar surface area (TPSA) is 35.8 Å². The number of hydrogen-bond acceptors (Lipinski definition) is 4. The zero-order valence-electron chi connectivity index (χ0n) is 13.2. The lowest BCUT2D eigenvalue weighted by Crippen LogP contribution is -2.38. The van der Waals surface area contributed by atoms with E-state index < -0.39 is 0 Å². The van der Waals surface area contributed by atoms with E-state index >= 15 is 0 Å². The Hall–Kier alpha value is -1.59. The summed E-state index contributed by atoms with van der Waals surface area (Å²) in [4.78, 5) is 9.68. The van der Waals surface area contributed by atoms with E-state index in [0.717, 1.165) is 31.1 Å². The van der Waals surface area contributed by atoms with E-state index in [1.165, 1.54) is 18.5 Å². The highest BCUT2D eigenvalue weighted by atomic mass is 15.3. The Morgan fingerprint density at radius 2 is 2.24 bits per heavy atom. The van der Waals surface area contributed by atoms with Crippen LogP contribution in [0.1, 0.15) is 18.5 Å². The SMILES string of the molecule is CNCc1c(N2CCCC2CN(C)C)nc2ccccn12. The molecule has 5 heteroatoms. The molecule has 2 aromatic heterocycles. The fourth-order valence-corrected chi connectivity index (χ4v) is 3.32. The molecule has 0 aromatic carbocycles. The third-order valence-corrected chi connectivity index (χ3v) is 4.18. The van der Waals surface area contributed by atoms with Gasteiger partial charge in [-0.3, -0.25) is 0 Å². The van der Waals surface area contributed by atoms with Crippen molar-refractivity contribution >= 4 is 11.5 Å². The summed E-state index contributed by atoms with van der Waals surface area (Å²) in [6, 6.07) is 6.77. The molecule has 1 N–H and O–H groups in total. The van der Waals surface area contributed by atoms with Crippen LogP contribution < -0.4 is 10.2 Å². The second-order valence-electron chi connectivity index (χ2n) is 6.09. The molecule has 0 spiro atoms. The summed E-state index contributed by atoms with van der Waals surface area (Å²) in [5.41, 5.74) is 2.30. The first-order valence-electron chi connectivity index (χ1n) is 7.72. The van der Waals surface area contributed by atoms with Gasteiger partial charge >= 0.3 is 0 Å². The molecule has 21 heavy (non-hydrogen) atoms. The average molecular weight is 287 g/mol. The number of pyridine rings is 1. The van der Waals surface area contributed by atoms with Crippen molar-refractivity contribution in [3.05, 3.63) is 30.1 Å². The molecule has 1 aliphatic heterocycles. The summed E-state index contributed by atoms with van der Waals surface area (Å²) in [6.45, 7) is 3.04. The molecule has 1 atom stereocenters. The van der Waals surface area contributed by atoms with Gasteiger partial charge < -0.3 is 19.5 Å². The second kappa shape index (κ2) is 6.03. The zero-order chi connectivity index (χ0) is 14.8. The summed E-state index contributed by atoms with van der Waals surface area (Å²) in [6.07, 6.45) is 4.62. The van der Waals surface area contributed by atoms with E-state index in [1.54, 1.807) is 0 Å². The van der Waals surface area contributed by atoms with Crippen LogP contribution in [0.25, 0.3) is 5.65 Å². The van der Waals surface area contributed by atoms with Crippen LogP contribution in [0.15, 0.2) is 24.4 Å². The molecule has 3 rings (SSSR count). The van der Waals surface area contributed by atoms with Crippen molar-refractivity contribution in [1.82, 2.24) is 19.6 Å². The maximum absolute atomic E-state index is 4.90. The number of imidazole rings is 1. The van der Waals surface area contributed by atoms with E-state index in [4.69, 9.17) is 4.98 Å². The van der Waals surface area contributed by atoms with E-state index in [1.807, 2.05) is 7.05 Å². The predicted octanol–water partition coefficient (Wildman–Crippen LogP) is 1.58. The number of hydrogen-bond donors (Lipinski definition) is 1. The third kappa shape index (κ3) is 2.76. The van der Waals surface area contributed by atoms with Gasteiger partial charge in [0, 0.05) is 31.9 Å². The van der Waals surface area contributed by atoms with Crippen LogP contribution in [0, 0.1) is 0 Å². The summed E-state index contributed by atoms with van der Waals surface area (Å²) in [5, 5.41) is 3.28. The summed E-state index contributed by atoms with van der Waals surface area (Å²) < 4.78 is 2.21. The molecular formula is C16H25N5. The van der Waals surface area contributed by atoms with Crippen LogP contribution in [-0.4, -0.2) is 54.6 Å². The highest BCUT2D eigenvalue weighted by Crippen LogP contribution is 2.29. The van der Waals surface area contributed by atoms with E-state index in [0.29, 0.717) is 6.04 Å². The lowest BCUT2D eigenvalue weighted by Gasteiger charge is -2.28. The molecule has 5 nitrogen and oxygen atoms in total. The smallest absolute Gasteiger partial charge is 0.152 e. The lowest BCUT2D eigenvalue weighted by atomic mass is 10.2. The molecule has 0 amide bonds. The highest BCUT2D eigenvalue weighted by Gasteiger charge is 2.29. The number of anilines is 1. The van der Waals surface area contributed by atoms with Crippen molar-refractivity contribution in [3.63, 3.8) is 0 Å². The summed E-state index contributed by atoms with van der Waals surface area (Å²) in [5.74, 6) is 1.15. The van der Waals surface area contributed by atoms with Crippen molar-refractivity contribution in [2.24, 2.45) is 0 Å². The van der Waals surface area contributed by atoms with Crippen LogP contribution >= 0.6 is 0 Å². The van der Waals surface area contributed by atoms with E-state index in [-0.39, 0.29) is 0 Å². The number of fused-ring (bicyclic) bond motifs is 1. The Morgan fingerprint density at radius 3 is 3.00 bits per heavy atom. The first-order valence-corrected chi connectivity index (χ1v) is 7.72. The molecule has 114 valence electrons. The van der Waals surface area contributed by atoms with Gasteiger partial charge in [0.2, 0.25) is 0 Å². The van der Waals surface area contributed by atoms with Crippen molar-refractivity contribution in [3.8, 4) is 0 Å². The highest BCUT2D eigenvalue weighted by molar-refractivity contribution is 5.57. The van der Waals surface area contributed by atoms with Crippen molar-refractivity contribution in [2.75, 3.05) is 39.1 Å². The number of aromatic nitrogens is 2. The molecule has 0 bridgehead atoms. The second-order valence-corrected chi connectivity index (χ2v) is 6.09. The lowest BCUT2D eigenvalue weighted by molar-refractivity contribution is 0.371. The summed E-state index contributed by atoms with van der Waals surface area (Å²) in [7, 11) is 6.29. The van der Waals surface area contributed by atoms with Gasteiger partial charge in [-0.15, -0.1) is 0 Å². The van der Waals surface area contributed by atoms with Gasteiger partial charge in [-0.1, -0.05) is 6.07 Å². The van der Waals surface area contributed by atoms with E-state index in [2.05, 4.69) is 58.0 Å². The minimum atomic E-state index is 0.570. The molecular weight excluding hydrogens is 262 g/mol. The number of nitrogens with one attached hydrogen (secondary N) is 1. The fourth-order valence-electron chi connectivity index (χ4n) is 3.32. The predicted molar refractivity (Wildman–Crippen MR) is 86.9 cm³/mol. The number of rotatable bonds is 5. The third-order valence-electron chi connectivity index (χ3n) is 4.18. The maximum Gasteiger partial charge on any atom is 0.152 e. The molecule has 1 aliphatic rings. The monoisotopic (exact) mass is 287 g/mol. The van der Waals surface area contributed by atoms with Crippen LogP contribution in [-0.2, 0) is 6.54 Å². The van der Waals surface area contributed by atoms with Gasteiger partial charge in [0.1, 0.15) is 5.65 Å². The van der Waals surface area contributed by atoms with Crippen molar-refractivity contribution in [2.45, 2.75) is 25.4 Å². The summed E-state index contributed by atoms with van der Waals surface area (Å²) >= 11 is 0. The minimum Gasteiger partial charge on any atom is -0.351 e. The van der Waals surface area contributed by atoms with Crippen LogP contribution in [0.2, 0.25) is 0 Å². The Morgan fingerprint density at radius 1 is 1.38 bits per heavy atom. The largest absolute Gasteiger partial charge is 0.351 e. The van der Waals surface area contributed by atoms with Crippen LogP contribution in [0.4, 0.5) is 5.82 Å². The molecule has 1 fully saturated rings. The molecule has 0 saturated carbocycles. The van der Waals surface area contributed by atoms with Crippen LogP contribution in [0.3, 0.4) is 0 Å². The van der Waals surface area contributed by atoms with Gasteiger partial charge in [-0.2, -0.15) is 0 Å². The Balaban J connectivity index is 2.00. The van der Waals surface area contributed by atoms with Crippen molar-refractivity contribution in [1.29, 1.82) is 0 Å². The number of nitrogens with zero attached hydrogens (tertiary/aromatic N) is 4. The maximum atomic E-state index is 4.90. The molecule has 1 saturated heterocycles. The Bertz CT molecular complexity index is 604. The zero-order valence-corrected chi connectivity index (χ0v) is 13.2. The van der Waals surface area contributed by atoms with Gasteiger partial charge in [0.25, 0.3) is 0 Å². The number of likely N-dealkylation sites (N-methyl/N-ethyl adjacent to an activating group) is 1. The Labute approximate surface area is 126 Å². The van der Waals surface area contributed by atoms with Gasteiger partial charge in [0.05, 0.1) is 5.69 Å². The quantitative estimate of drug-likeness (QED) is 0.906. The van der Waals surface area contributed by atoms with Crippen LogP contribution in [0.5, 0.6) is 0 Å². The first kappa shape index (κ1) is 14.4. The van der Waals surface area contributed by atoms with Gasteiger partial charge in [-0.25, -0.2) is 4.98 Å². The molecule has 0 radical (unpaired) electrons. The van der Waals surface area contributed by atoms with E-state index in [9.17, 15) is 0 Å². The van der Waals surface area contributed by atoms with Gasteiger partial charge in [0.15, 0.2) is 5.82 Å².